The second-order valence-corrected chi connectivity index (χ2v) is 20.2. The molecule has 6 nitrogen and oxygen atoms in total. The van der Waals surface area contributed by atoms with Gasteiger partial charge in [0, 0.05) is 19.3 Å². The quantitative estimate of drug-likeness (QED) is 0.0261. The first-order valence-corrected chi connectivity index (χ1v) is 31.2. The Balaban J connectivity index is 4.50. The summed E-state index contributed by atoms with van der Waals surface area (Å²) in [6.07, 6.45) is 88.7. The molecule has 6 heteroatoms. The minimum absolute atomic E-state index is 0.100. The molecule has 76 heavy (non-hydrogen) atoms. The highest BCUT2D eigenvalue weighted by atomic mass is 16.6. The van der Waals surface area contributed by atoms with E-state index < -0.39 is 6.10 Å². The zero-order valence-corrected chi connectivity index (χ0v) is 49.2. The van der Waals surface area contributed by atoms with Crippen LogP contribution < -0.4 is 0 Å². The molecule has 0 saturated carbocycles. The van der Waals surface area contributed by atoms with Crippen molar-refractivity contribution in [2.75, 3.05) is 13.2 Å². The molecule has 0 aromatic heterocycles. The number of carbonyl (C=O) groups is 3. The zero-order valence-electron chi connectivity index (χ0n) is 49.2. The van der Waals surface area contributed by atoms with Gasteiger partial charge in [0.25, 0.3) is 0 Å². The van der Waals surface area contributed by atoms with Gasteiger partial charge in [-0.2, -0.15) is 0 Å². The van der Waals surface area contributed by atoms with Gasteiger partial charge in [-0.05, 0) is 135 Å². The lowest BCUT2D eigenvalue weighted by Gasteiger charge is -2.18. The predicted molar refractivity (Wildman–Crippen MR) is 329 cm³/mol. The van der Waals surface area contributed by atoms with Crippen LogP contribution in [-0.4, -0.2) is 37.2 Å². The third kappa shape index (κ3) is 60.4. The number of hydrogen-bond acceptors (Lipinski definition) is 6. The van der Waals surface area contributed by atoms with Crippen molar-refractivity contribution in [3.8, 4) is 0 Å². The fourth-order valence-corrected chi connectivity index (χ4v) is 8.25. The largest absolute Gasteiger partial charge is 0.462 e. The van der Waals surface area contributed by atoms with Gasteiger partial charge in [-0.25, -0.2) is 0 Å². The molecular weight excluding hydrogens is 937 g/mol. The zero-order chi connectivity index (χ0) is 55.0. The van der Waals surface area contributed by atoms with Gasteiger partial charge in [0.1, 0.15) is 13.2 Å². The summed E-state index contributed by atoms with van der Waals surface area (Å²) in [5.74, 6) is -0.945. The molecule has 0 heterocycles. The van der Waals surface area contributed by atoms with E-state index in [-0.39, 0.29) is 31.1 Å². The molecule has 0 N–H and O–H groups in total. The van der Waals surface area contributed by atoms with Crippen LogP contribution in [0.3, 0.4) is 0 Å². The molecule has 0 bridgehead atoms. The van der Waals surface area contributed by atoms with E-state index >= 15 is 0 Å². The molecule has 0 spiro atoms. The standard InChI is InChI=1S/C70H114O6/c1-4-7-10-13-16-19-22-25-28-31-33-35-37-39-42-45-48-51-54-57-60-63-69(72)75-66-67(65-74-68(71)62-59-56-53-50-47-44-41-30-27-24-21-18-15-12-9-6-3)76-70(73)64-61-58-55-52-49-46-43-40-38-36-34-32-29-26-23-20-17-14-11-8-5-2/h7-8,10-11,16-17,19-20,25-26,28-30,33-36,39-43,67H,4-6,9,12-15,18,21-24,27,31-32,37-38,44-66H2,1-3H3/b10-7-,11-8-,19-16-,20-17-,28-25-,29-26-,35-33-,36-34-,41-30-,42-39-,43-40-. The molecule has 1 unspecified atom stereocenters. The third-order valence-corrected chi connectivity index (χ3v) is 12.9. The van der Waals surface area contributed by atoms with Crippen molar-refractivity contribution in [3.63, 3.8) is 0 Å². The molecule has 0 aliphatic rings. The van der Waals surface area contributed by atoms with Crippen LogP contribution in [0.25, 0.3) is 0 Å². The summed E-state index contributed by atoms with van der Waals surface area (Å²) in [6, 6.07) is 0. The molecule has 0 fully saturated rings. The van der Waals surface area contributed by atoms with Gasteiger partial charge < -0.3 is 14.2 Å². The molecule has 0 aromatic carbocycles. The van der Waals surface area contributed by atoms with Gasteiger partial charge in [-0.3, -0.25) is 14.4 Å². The van der Waals surface area contributed by atoms with E-state index in [1.165, 1.54) is 57.8 Å². The van der Waals surface area contributed by atoms with Crippen molar-refractivity contribution in [3.05, 3.63) is 134 Å². The monoisotopic (exact) mass is 1050 g/mol. The Kier molecular flexibility index (Phi) is 59.4. The maximum absolute atomic E-state index is 12.9. The van der Waals surface area contributed by atoms with Crippen molar-refractivity contribution in [1.29, 1.82) is 0 Å². The fraction of sp³-hybridized carbons (Fsp3) is 0.643. The predicted octanol–water partition coefficient (Wildman–Crippen LogP) is 21.4. The summed E-state index contributed by atoms with van der Waals surface area (Å²) < 4.78 is 16.9. The smallest absolute Gasteiger partial charge is 0.306 e. The summed E-state index contributed by atoms with van der Waals surface area (Å²) in [5, 5.41) is 0. The number of hydrogen-bond donors (Lipinski definition) is 0. The van der Waals surface area contributed by atoms with E-state index in [1.807, 2.05) is 0 Å². The molecule has 0 aliphatic heterocycles. The van der Waals surface area contributed by atoms with Crippen molar-refractivity contribution >= 4 is 17.9 Å². The summed E-state index contributed by atoms with van der Waals surface area (Å²) in [4.78, 5) is 38.3. The summed E-state index contributed by atoms with van der Waals surface area (Å²) in [6.45, 7) is 6.38. The van der Waals surface area contributed by atoms with Crippen LogP contribution in [0.15, 0.2) is 134 Å². The van der Waals surface area contributed by atoms with E-state index in [1.54, 1.807) is 0 Å². The Morgan fingerprint density at radius 2 is 0.513 bits per heavy atom. The van der Waals surface area contributed by atoms with E-state index in [0.29, 0.717) is 19.3 Å². The Labute approximate surface area is 468 Å². The number of unbranched alkanes of at least 4 members (excludes halogenated alkanes) is 22. The summed E-state index contributed by atoms with van der Waals surface area (Å²) >= 11 is 0. The summed E-state index contributed by atoms with van der Waals surface area (Å²) in [7, 11) is 0. The number of ether oxygens (including phenoxy) is 3. The highest BCUT2D eigenvalue weighted by Crippen LogP contribution is 2.14. The van der Waals surface area contributed by atoms with Crippen LogP contribution in [0.2, 0.25) is 0 Å². The first-order valence-electron chi connectivity index (χ1n) is 31.2. The Hall–Kier alpha value is -4.45. The minimum atomic E-state index is -0.807. The average molecular weight is 1050 g/mol. The first kappa shape index (κ1) is 71.5. The molecule has 0 saturated heterocycles. The van der Waals surface area contributed by atoms with Gasteiger partial charge in [0.2, 0.25) is 0 Å². The highest BCUT2D eigenvalue weighted by molar-refractivity contribution is 5.71. The molecule has 430 valence electrons. The molecule has 0 aliphatic carbocycles. The molecule has 0 radical (unpaired) electrons. The number of carbonyl (C=O) groups excluding carboxylic acids is 3. The van der Waals surface area contributed by atoms with Crippen LogP contribution >= 0.6 is 0 Å². The van der Waals surface area contributed by atoms with Gasteiger partial charge >= 0.3 is 17.9 Å². The van der Waals surface area contributed by atoms with Crippen LogP contribution in [0, 0.1) is 0 Å². The van der Waals surface area contributed by atoms with Crippen LogP contribution in [0.5, 0.6) is 0 Å². The number of esters is 3. The fourth-order valence-electron chi connectivity index (χ4n) is 8.25. The summed E-state index contributed by atoms with van der Waals surface area (Å²) in [5.41, 5.74) is 0. The van der Waals surface area contributed by atoms with Crippen molar-refractivity contribution in [1.82, 2.24) is 0 Å². The van der Waals surface area contributed by atoms with Gasteiger partial charge in [0.15, 0.2) is 6.10 Å². The molecular formula is C70H114O6. The van der Waals surface area contributed by atoms with Gasteiger partial charge in [-0.1, -0.05) is 251 Å². The van der Waals surface area contributed by atoms with Crippen molar-refractivity contribution < 1.29 is 28.6 Å². The molecule has 0 rings (SSSR count). The van der Waals surface area contributed by atoms with Gasteiger partial charge in [0.05, 0.1) is 0 Å². The van der Waals surface area contributed by atoms with Gasteiger partial charge in [-0.15, -0.1) is 0 Å². The van der Waals surface area contributed by atoms with Crippen molar-refractivity contribution in [2.24, 2.45) is 0 Å². The normalized spacial score (nSPS) is 13.0. The third-order valence-electron chi connectivity index (χ3n) is 12.9. The van der Waals surface area contributed by atoms with E-state index in [0.717, 1.165) is 173 Å². The number of allylic oxidation sites excluding steroid dienone is 22. The maximum atomic E-state index is 12.9. The minimum Gasteiger partial charge on any atom is -0.462 e. The van der Waals surface area contributed by atoms with E-state index in [2.05, 4.69) is 154 Å². The Morgan fingerprint density at radius 1 is 0.276 bits per heavy atom. The van der Waals surface area contributed by atoms with Crippen LogP contribution in [0.4, 0.5) is 0 Å². The lowest BCUT2D eigenvalue weighted by Crippen LogP contribution is -2.30. The highest BCUT2D eigenvalue weighted by Gasteiger charge is 2.19. The first-order chi connectivity index (χ1) is 37.5. The molecule has 0 aromatic rings. The van der Waals surface area contributed by atoms with Crippen LogP contribution in [0.1, 0.15) is 271 Å². The average Bonchev–Trinajstić information content (AvgIpc) is 3.42. The topological polar surface area (TPSA) is 78.9 Å². The van der Waals surface area contributed by atoms with Crippen LogP contribution in [-0.2, 0) is 28.6 Å². The Morgan fingerprint density at radius 3 is 0.816 bits per heavy atom. The Bertz CT molecular complexity index is 1630. The maximum Gasteiger partial charge on any atom is 0.306 e. The van der Waals surface area contributed by atoms with E-state index in [9.17, 15) is 14.4 Å². The SMILES string of the molecule is CC/C=C\C/C=C\C/C=C\C/C=C\C/C=C\CCCCCCCC(=O)OCC(COC(=O)CCCCCCC/C=C\CCCCCCCCC)OC(=O)CCCCCCC/C=C\C/C=C\C/C=C\C/C=C\C/C=C\CC. The van der Waals surface area contributed by atoms with Crippen molar-refractivity contribution in [2.45, 2.75) is 277 Å². The lowest BCUT2D eigenvalue weighted by molar-refractivity contribution is -0.167. The number of rotatable bonds is 55. The second kappa shape index (κ2) is 63.1. The molecule has 1 atom stereocenters. The van der Waals surface area contributed by atoms with E-state index in [4.69, 9.17) is 14.2 Å². The second-order valence-electron chi connectivity index (χ2n) is 20.2. The lowest BCUT2D eigenvalue weighted by atomic mass is 10.1. The molecule has 0 amide bonds.